The maximum Gasteiger partial charge on any atom is 0.254 e. The third kappa shape index (κ3) is 4.64. The van der Waals surface area contributed by atoms with Crippen LogP contribution < -0.4 is 9.64 Å². The maximum absolute atomic E-state index is 13.5. The number of amides is 2. The highest BCUT2D eigenvalue weighted by molar-refractivity contribution is 5.95. The van der Waals surface area contributed by atoms with Gasteiger partial charge in [0.25, 0.3) is 5.91 Å². The minimum Gasteiger partial charge on any atom is -0.497 e. The van der Waals surface area contributed by atoms with Crippen LogP contribution in [0.2, 0.25) is 0 Å². The van der Waals surface area contributed by atoms with Gasteiger partial charge in [-0.3, -0.25) is 9.59 Å². The standard InChI is InChI=1S/C23H28N4O4/c1-17(28)26-9-10-27(21(16-26)18-3-5-20(30-2)6-4-18)23(29)19-7-8-24-22(15-19)25-11-13-31-14-12-25/h3-8,15,21H,9-14,16H2,1-2H3. The summed E-state index contributed by atoms with van der Waals surface area (Å²) in [7, 11) is 1.62. The number of carbonyl (C=O) groups is 2. The van der Waals surface area contributed by atoms with E-state index in [2.05, 4.69) is 9.88 Å². The molecule has 164 valence electrons. The summed E-state index contributed by atoms with van der Waals surface area (Å²) in [5.41, 5.74) is 1.58. The number of hydrogen-bond donors (Lipinski definition) is 0. The Morgan fingerprint density at radius 2 is 1.81 bits per heavy atom. The average Bonchev–Trinajstić information content (AvgIpc) is 2.84. The molecule has 2 aliphatic rings. The van der Waals surface area contributed by atoms with Crippen molar-refractivity contribution in [2.75, 3.05) is 57.9 Å². The van der Waals surface area contributed by atoms with Crippen LogP contribution in [0.3, 0.4) is 0 Å². The van der Waals surface area contributed by atoms with E-state index in [9.17, 15) is 9.59 Å². The molecule has 8 nitrogen and oxygen atoms in total. The van der Waals surface area contributed by atoms with Crippen LogP contribution >= 0.6 is 0 Å². The predicted octanol–water partition coefficient (Wildman–Crippen LogP) is 1.97. The Labute approximate surface area is 182 Å². The lowest BCUT2D eigenvalue weighted by Crippen LogP contribution is -2.51. The van der Waals surface area contributed by atoms with Crippen LogP contribution in [0, 0.1) is 0 Å². The SMILES string of the molecule is COc1ccc(C2CN(C(C)=O)CCN2C(=O)c2ccnc(N3CCOCC3)c2)cc1. The number of piperazine rings is 1. The molecule has 0 aliphatic carbocycles. The predicted molar refractivity (Wildman–Crippen MR) is 116 cm³/mol. The van der Waals surface area contributed by atoms with Gasteiger partial charge in [0, 0.05) is 51.4 Å². The molecule has 31 heavy (non-hydrogen) atoms. The topological polar surface area (TPSA) is 75.2 Å². The van der Waals surface area contributed by atoms with Gasteiger partial charge in [0.2, 0.25) is 5.91 Å². The first-order chi connectivity index (χ1) is 15.1. The molecule has 4 rings (SSSR count). The smallest absolute Gasteiger partial charge is 0.254 e. The number of aromatic nitrogens is 1. The minimum absolute atomic E-state index is 0.0177. The largest absolute Gasteiger partial charge is 0.497 e. The summed E-state index contributed by atoms with van der Waals surface area (Å²) in [4.78, 5) is 35.8. The number of anilines is 1. The van der Waals surface area contributed by atoms with Crippen LogP contribution in [0.4, 0.5) is 5.82 Å². The van der Waals surface area contributed by atoms with Gasteiger partial charge in [0.15, 0.2) is 0 Å². The van der Waals surface area contributed by atoms with E-state index in [1.807, 2.05) is 35.2 Å². The van der Waals surface area contributed by atoms with Gasteiger partial charge in [-0.25, -0.2) is 4.98 Å². The van der Waals surface area contributed by atoms with E-state index in [1.165, 1.54) is 0 Å². The quantitative estimate of drug-likeness (QED) is 0.747. The first-order valence-electron chi connectivity index (χ1n) is 10.6. The van der Waals surface area contributed by atoms with Crippen molar-refractivity contribution in [2.45, 2.75) is 13.0 Å². The molecule has 3 heterocycles. The van der Waals surface area contributed by atoms with E-state index >= 15 is 0 Å². The molecule has 0 radical (unpaired) electrons. The van der Waals surface area contributed by atoms with E-state index in [0.29, 0.717) is 38.4 Å². The molecule has 2 aromatic rings. The Balaban J connectivity index is 1.60. The van der Waals surface area contributed by atoms with Crippen molar-refractivity contribution in [3.05, 3.63) is 53.7 Å². The molecule has 8 heteroatoms. The lowest BCUT2D eigenvalue weighted by atomic mass is 10.0. The molecule has 2 amide bonds. The van der Waals surface area contributed by atoms with Crippen LogP contribution in [0.1, 0.15) is 28.9 Å². The molecule has 2 saturated heterocycles. The summed E-state index contributed by atoms with van der Waals surface area (Å²) >= 11 is 0. The summed E-state index contributed by atoms with van der Waals surface area (Å²) < 4.78 is 10.7. The number of pyridine rings is 1. The lowest BCUT2D eigenvalue weighted by molar-refractivity contribution is -0.131. The highest BCUT2D eigenvalue weighted by atomic mass is 16.5. The third-order valence-electron chi connectivity index (χ3n) is 5.91. The minimum atomic E-state index is -0.226. The Kier molecular flexibility index (Phi) is 6.36. The van der Waals surface area contributed by atoms with E-state index in [-0.39, 0.29) is 17.9 Å². The van der Waals surface area contributed by atoms with Gasteiger partial charge in [-0.2, -0.15) is 0 Å². The third-order valence-corrected chi connectivity index (χ3v) is 5.91. The number of ether oxygens (including phenoxy) is 2. The molecular weight excluding hydrogens is 396 g/mol. The van der Waals surface area contributed by atoms with Gasteiger partial charge in [-0.05, 0) is 29.8 Å². The summed E-state index contributed by atoms with van der Waals surface area (Å²) in [6.07, 6.45) is 1.69. The number of methoxy groups -OCH3 is 1. The first-order valence-corrected chi connectivity index (χ1v) is 10.6. The summed E-state index contributed by atoms with van der Waals surface area (Å²) in [6, 6.07) is 11.1. The molecule has 2 aliphatic heterocycles. The second kappa shape index (κ2) is 9.34. The fraction of sp³-hybridized carbons (Fsp3) is 0.435. The van der Waals surface area contributed by atoms with Crippen molar-refractivity contribution in [1.82, 2.24) is 14.8 Å². The fourth-order valence-electron chi connectivity index (χ4n) is 4.11. The second-order valence-electron chi connectivity index (χ2n) is 7.75. The molecule has 2 fully saturated rings. The Bertz CT molecular complexity index is 927. The first kappa shape index (κ1) is 21.1. The van der Waals surface area contributed by atoms with E-state index in [1.54, 1.807) is 31.2 Å². The number of nitrogens with zero attached hydrogens (tertiary/aromatic N) is 4. The number of rotatable bonds is 4. The Morgan fingerprint density at radius 1 is 1.06 bits per heavy atom. The number of morpholine rings is 1. The molecule has 1 aromatic carbocycles. The van der Waals surface area contributed by atoms with Crippen LogP contribution in [-0.4, -0.2) is 79.6 Å². The number of hydrogen-bond acceptors (Lipinski definition) is 6. The van der Waals surface area contributed by atoms with Gasteiger partial charge in [0.05, 0.1) is 26.4 Å². The van der Waals surface area contributed by atoms with Crippen molar-refractivity contribution in [3.63, 3.8) is 0 Å². The maximum atomic E-state index is 13.5. The van der Waals surface area contributed by atoms with Gasteiger partial charge >= 0.3 is 0 Å². The molecule has 0 N–H and O–H groups in total. The lowest BCUT2D eigenvalue weighted by Gasteiger charge is -2.41. The molecule has 1 atom stereocenters. The Morgan fingerprint density at radius 3 is 2.48 bits per heavy atom. The van der Waals surface area contributed by atoms with Crippen LogP contribution in [0.25, 0.3) is 0 Å². The molecular formula is C23H28N4O4. The van der Waals surface area contributed by atoms with Gasteiger partial charge < -0.3 is 24.2 Å². The van der Waals surface area contributed by atoms with Crippen LogP contribution in [0.15, 0.2) is 42.6 Å². The highest BCUT2D eigenvalue weighted by Crippen LogP contribution is 2.29. The summed E-state index contributed by atoms with van der Waals surface area (Å²) in [5.74, 6) is 1.51. The van der Waals surface area contributed by atoms with Crippen molar-refractivity contribution < 1.29 is 19.1 Å². The van der Waals surface area contributed by atoms with Crippen molar-refractivity contribution in [3.8, 4) is 5.75 Å². The van der Waals surface area contributed by atoms with Crippen LogP contribution in [0.5, 0.6) is 5.75 Å². The summed E-state index contributed by atoms with van der Waals surface area (Å²) in [6.45, 7) is 5.87. The zero-order chi connectivity index (χ0) is 21.8. The van der Waals surface area contributed by atoms with Crippen molar-refractivity contribution in [1.29, 1.82) is 0 Å². The monoisotopic (exact) mass is 424 g/mol. The number of benzene rings is 1. The second-order valence-corrected chi connectivity index (χ2v) is 7.75. The van der Waals surface area contributed by atoms with Gasteiger partial charge in [0.1, 0.15) is 11.6 Å². The highest BCUT2D eigenvalue weighted by Gasteiger charge is 2.33. The summed E-state index contributed by atoms with van der Waals surface area (Å²) in [5, 5.41) is 0. The van der Waals surface area contributed by atoms with Crippen molar-refractivity contribution >= 4 is 17.6 Å². The zero-order valence-electron chi connectivity index (χ0n) is 18.0. The normalized spacial score (nSPS) is 19.3. The number of carbonyl (C=O) groups excluding carboxylic acids is 2. The average molecular weight is 425 g/mol. The van der Waals surface area contributed by atoms with Crippen molar-refractivity contribution in [2.24, 2.45) is 0 Å². The van der Waals surface area contributed by atoms with E-state index in [4.69, 9.17) is 9.47 Å². The molecule has 0 bridgehead atoms. The molecule has 1 unspecified atom stereocenters. The van der Waals surface area contributed by atoms with Crippen LogP contribution in [-0.2, 0) is 9.53 Å². The Hall–Kier alpha value is -3.13. The zero-order valence-corrected chi connectivity index (χ0v) is 18.0. The molecule has 1 aromatic heterocycles. The van der Waals surface area contributed by atoms with Gasteiger partial charge in [-0.15, -0.1) is 0 Å². The molecule has 0 saturated carbocycles. The van der Waals surface area contributed by atoms with E-state index in [0.717, 1.165) is 30.2 Å². The van der Waals surface area contributed by atoms with E-state index < -0.39 is 0 Å². The van der Waals surface area contributed by atoms with Gasteiger partial charge in [-0.1, -0.05) is 12.1 Å². The fourth-order valence-corrected chi connectivity index (χ4v) is 4.11. The molecule has 0 spiro atoms.